The highest BCUT2D eigenvalue weighted by atomic mass is 32.2. The second-order valence-electron chi connectivity index (χ2n) is 5.14. The molecule has 2 N–H and O–H groups in total. The van der Waals surface area contributed by atoms with Crippen LogP contribution in [0.15, 0.2) is 29.2 Å². The number of rotatable bonds is 8. The fraction of sp³-hybridized carbons (Fsp3) is 0.500. The van der Waals surface area contributed by atoms with Gasteiger partial charge in [0.1, 0.15) is 6.54 Å². The van der Waals surface area contributed by atoms with Gasteiger partial charge in [0, 0.05) is 18.3 Å². The molecule has 0 radical (unpaired) electrons. The number of hydrogen-bond donors (Lipinski definition) is 2. The molecule has 116 valence electrons. The second kappa shape index (κ2) is 6.44. The zero-order valence-electron chi connectivity index (χ0n) is 11.9. The Hall–Kier alpha value is -1.60. The highest BCUT2D eigenvalue weighted by Gasteiger charge is 2.30. The fourth-order valence-corrected chi connectivity index (χ4v) is 3.23. The molecule has 1 aromatic rings. The van der Waals surface area contributed by atoms with Gasteiger partial charge in [-0.05, 0) is 43.5 Å². The van der Waals surface area contributed by atoms with Gasteiger partial charge < -0.3 is 10.0 Å². The summed E-state index contributed by atoms with van der Waals surface area (Å²) in [6.45, 7) is 2.23. The molecule has 0 atom stereocenters. The lowest BCUT2D eigenvalue weighted by molar-refractivity contribution is -0.135. The van der Waals surface area contributed by atoms with E-state index in [0.29, 0.717) is 6.54 Å². The van der Waals surface area contributed by atoms with E-state index in [4.69, 9.17) is 5.11 Å². The van der Waals surface area contributed by atoms with E-state index in [2.05, 4.69) is 4.72 Å². The Bertz CT molecular complexity index is 594. The molecule has 1 saturated carbocycles. The summed E-state index contributed by atoms with van der Waals surface area (Å²) in [4.78, 5) is 12.9. The number of anilines is 1. The summed E-state index contributed by atoms with van der Waals surface area (Å²) in [6, 6.07) is 6.63. The van der Waals surface area contributed by atoms with Crippen molar-refractivity contribution < 1.29 is 18.3 Å². The lowest BCUT2D eigenvalue weighted by atomic mass is 10.3. The van der Waals surface area contributed by atoms with Gasteiger partial charge in [0.2, 0.25) is 10.0 Å². The Labute approximate surface area is 124 Å². The van der Waals surface area contributed by atoms with Crippen LogP contribution in [0.5, 0.6) is 0 Å². The van der Waals surface area contributed by atoms with Crippen LogP contribution in [-0.2, 0) is 14.8 Å². The minimum absolute atomic E-state index is 0.0646. The van der Waals surface area contributed by atoms with E-state index in [9.17, 15) is 13.2 Å². The topological polar surface area (TPSA) is 86.7 Å². The smallest absolute Gasteiger partial charge is 0.323 e. The Balaban J connectivity index is 2.15. The van der Waals surface area contributed by atoms with E-state index in [1.807, 2.05) is 6.92 Å². The molecule has 0 bridgehead atoms. The highest BCUT2D eigenvalue weighted by molar-refractivity contribution is 7.89. The molecule has 0 aliphatic heterocycles. The molecule has 6 nitrogen and oxygen atoms in total. The third-order valence-corrected chi connectivity index (χ3v) is 4.79. The molecular weight excluding hydrogens is 292 g/mol. The van der Waals surface area contributed by atoms with Gasteiger partial charge in [-0.15, -0.1) is 0 Å². The average molecular weight is 312 g/mol. The van der Waals surface area contributed by atoms with E-state index >= 15 is 0 Å². The maximum Gasteiger partial charge on any atom is 0.323 e. The molecule has 21 heavy (non-hydrogen) atoms. The third-order valence-electron chi connectivity index (χ3n) is 3.31. The Kier molecular flexibility index (Phi) is 4.84. The summed E-state index contributed by atoms with van der Waals surface area (Å²) in [5, 5.41) is 8.96. The lowest BCUT2D eigenvalue weighted by Crippen LogP contribution is -2.31. The number of carboxylic acids is 1. The number of aliphatic carboxylic acids is 1. The molecule has 2 rings (SSSR count). The molecule has 0 unspecified atom stereocenters. The van der Waals surface area contributed by atoms with Crippen LogP contribution in [0.25, 0.3) is 0 Å². The Morgan fingerprint density at radius 1 is 1.33 bits per heavy atom. The maximum atomic E-state index is 12.0. The first-order chi connectivity index (χ1) is 9.94. The van der Waals surface area contributed by atoms with Crippen molar-refractivity contribution in [2.24, 2.45) is 0 Å². The van der Waals surface area contributed by atoms with Crippen molar-refractivity contribution in [2.45, 2.75) is 37.1 Å². The molecule has 0 heterocycles. The highest BCUT2D eigenvalue weighted by Crippen LogP contribution is 2.31. The number of sulfonamides is 1. The van der Waals surface area contributed by atoms with Crippen LogP contribution >= 0.6 is 0 Å². The first kappa shape index (κ1) is 15.8. The molecule has 0 saturated heterocycles. The normalized spacial score (nSPS) is 14.9. The Morgan fingerprint density at radius 3 is 2.43 bits per heavy atom. The van der Waals surface area contributed by atoms with Gasteiger partial charge in [-0.2, -0.15) is 0 Å². The van der Waals surface area contributed by atoms with Crippen molar-refractivity contribution in [3.63, 3.8) is 0 Å². The number of benzene rings is 1. The van der Waals surface area contributed by atoms with Crippen LogP contribution in [0.2, 0.25) is 0 Å². The van der Waals surface area contributed by atoms with Crippen LogP contribution in [0, 0.1) is 0 Å². The van der Waals surface area contributed by atoms with Gasteiger partial charge in [-0.3, -0.25) is 4.79 Å². The van der Waals surface area contributed by atoms with Crippen LogP contribution in [0.1, 0.15) is 26.2 Å². The van der Waals surface area contributed by atoms with Gasteiger partial charge in [-0.25, -0.2) is 13.1 Å². The SMILES string of the molecule is CCCNS(=O)(=O)c1ccc(N(CC(=O)O)C2CC2)cc1. The van der Waals surface area contributed by atoms with Crippen molar-refractivity contribution in [1.29, 1.82) is 0 Å². The van der Waals surface area contributed by atoms with E-state index in [-0.39, 0.29) is 17.5 Å². The van der Waals surface area contributed by atoms with Crippen LogP contribution < -0.4 is 9.62 Å². The Morgan fingerprint density at radius 2 is 1.95 bits per heavy atom. The molecule has 7 heteroatoms. The fourth-order valence-electron chi connectivity index (χ4n) is 2.10. The number of carboxylic acid groups (broad SMARTS) is 1. The summed E-state index contributed by atoms with van der Waals surface area (Å²) in [5.41, 5.74) is 0.745. The minimum Gasteiger partial charge on any atom is -0.480 e. The monoisotopic (exact) mass is 312 g/mol. The lowest BCUT2D eigenvalue weighted by Gasteiger charge is -2.22. The average Bonchev–Trinajstić information content (AvgIpc) is 3.27. The van der Waals surface area contributed by atoms with Crippen molar-refractivity contribution in [3.8, 4) is 0 Å². The number of nitrogens with one attached hydrogen (secondary N) is 1. The standard InChI is InChI=1S/C14H20N2O4S/c1-2-9-15-21(19,20)13-7-5-12(6-8-13)16(10-14(17)18)11-3-4-11/h5-8,11,15H,2-4,9-10H2,1H3,(H,17,18). The third kappa shape index (κ3) is 4.18. The summed E-state index contributed by atoms with van der Waals surface area (Å²) < 4.78 is 26.5. The predicted octanol–water partition coefficient (Wildman–Crippen LogP) is 1.43. The van der Waals surface area contributed by atoms with Crippen molar-refractivity contribution in [1.82, 2.24) is 4.72 Å². The van der Waals surface area contributed by atoms with Gasteiger partial charge in [0.05, 0.1) is 4.90 Å². The number of hydrogen-bond acceptors (Lipinski definition) is 4. The molecule has 1 fully saturated rings. The number of carbonyl (C=O) groups is 1. The van der Waals surface area contributed by atoms with E-state index in [1.165, 1.54) is 12.1 Å². The molecule has 1 aliphatic carbocycles. The summed E-state index contributed by atoms with van der Waals surface area (Å²) in [7, 11) is -3.48. The summed E-state index contributed by atoms with van der Waals surface area (Å²) >= 11 is 0. The van der Waals surface area contributed by atoms with Gasteiger partial charge in [-0.1, -0.05) is 6.92 Å². The molecule has 0 spiro atoms. The quantitative estimate of drug-likeness (QED) is 0.758. The maximum absolute atomic E-state index is 12.0. The predicted molar refractivity (Wildman–Crippen MR) is 79.9 cm³/mol. The largest absolute Gasteiger partial charge is 0.480 e. The molecule has 1 aromatic carbocycles. The van der Waals surface area contributed by atoms with Crippen molar-refractivity contribution in [3.05, 3.63) is 24.3 Å². The van der Waals surface area contributed by atoms with Gasteiger partial charge in [0.25, 0.3) is 0 Å². The van der Waals surface area contributed by atoms with E-state index in [0.717, 1.165) is 24.9 Å². The van der Waals surface area contributed by atoms with Crippen molar-refractivity contribution in [2.75, 3.05) is 18.0 Å². The van der Waals surface area contributed by atoms with Crippen molar-refractivity contribution >= 4 is 21.7 Å². The summed E-state index contributed by atoms with van der Waals surface area (Å²) in [5.74, 6) is -0.886. The molecule has 1 aliphatic rings. The summed E-state index contributed by atoms with van der Waals surface area (Å²) in [6.07, 6.45) is 2.68. The zero-order valence-corrected chi connectivity index (χ0v) is 12.8. The molecular formula is C14H20N2O4S. The first-order valence-electron chi connectivity index (χ1n) is 7.02. The second-order valence-corrected chi connectivity index (χ2v) is 6.91. The van der Waals surface area contributed by atoms with Crippen LogP contribution in [0.4, 0.5) is 5.69 Å². The van der Waals surface area contributed by atoms with Crippen LogP contribution in [0.3, 0.4) is 0 Å². The minimum atomic E-state index is -3.48. The zero-order chi connectivity index (χ0) is 15.5. The van der Waals surface area contributed by atoms with Gasteiger partial charge in [0.15, 0.2) is 0 Å². The van der Waals surface area contributed by atoms with E-state index < -0.39 is 16.0 Å². The molecule has 0 amide bonds. The molecule has 0 aromatic heterocycles. The van der Waals surface area contributed by atoms with Gasteiger partial charge >= 0.3 is 5.97 Å². The van der Waals surface area contributed by atoms with Crippen LogP contribution in [-0.4, -0.2) is 38.6 Å². The number of nitrogens with zero attached hydrogens (tertiary/aromatic N) is 1. The van der Waals surface area contributed by atoms with E-state index in [1.54, 1.807) is 17.0 Å². The first-order valence-corrected chi connectivity index (χ1v) is 8.50.